The lowest BCUT2D eigenvalue weighted by molar-refractivity contribution is -0.126. The highest BCUT2D eigenvalue weighted by atomic mass is 16.2. The summed E-state index contributed by atoms with van der Waals surface area (Å²) < 4.78 is 0. The van der Waals surface area contributed by atoms with Gasteiger partial charge < -0.3 is 10.2 Å². The smallest absolute Gasteiger partial charge is 0.248 e. The molecule has 174 valence electrons. The number of aryl methyl sites for hydroxylation is 1. The first-order valence-electron chi connectivity index (χ1n) is 11.4. The van der Waals surface area contributed by atoms with Crippen LogP contribution in [0.15, 0.2) is 108 Å². The summed E-state index contributed by atoms with van der Waals surface area (Å²) in [6.07, 6.45) is 6.10. The van der Waals surface area contributed by atoms with Gasteiger partial charge in [-0.3, -0.25) is 14.4 Å². The topological polar surface area (TPSA) is 66.5 Å². The van der Waals surface area contributed by atoms with E-state index in [0.717, 1.165) is 16.7 Å². The first-order valence-corrected chi connectivity index (χ1v) is 11.4. The lowest BCUT2D eigenvalue weighted by atomic mass is 9.94. The summed E-state index contributed by atoms with van der Waals surface area (Å²) in [6.45, 7) is 2.31. The van der Waals surface area contributed by atoms with Crippen molar-refractivity contribution in [2.24, 2.45) is 0 Å². The Labute approximate surface area is 205 Å². The lowest BCUT2D eigenvalue weighted by Gasteiger charge is -2.29. The van der Waals surface area contributed by atoms with Gasteiger partial charge in [0.2, 0.25) is 11.8 Å². The van der Waals surface area contributed by atoms with Gasteiger partial charge in [-0.05, 0) is 42.3 Å². The first-order chi connectivity index (χ1) is 17.0. The molecule has 5 nitrogen and oxygen atoms in total. The predicted molar refractivity (Wildman–Crippen MR) is 139 cm³/mol. The van der Waals surface area contributed by atoms with Gasteiger partial charge in [0.15, 0.2) is 5.78 Å². The van der Waals surface area contributed by atoms with Gasteiger partial charge in [0.1, 0.15) is 0 Å². The van der Waals surface area contributed by atoms with Gasteiger partial charge in [0.25, 0.3) is 0 Å². The fourth-order valence-electron chi connectivity index (χ4n) is 3.77. The molecule has 3 aromatic rings. The Morgan fingerprint density at radius 1 is 0.743 bits per heavy atom. The highest BCUT2D eigenvalue weighted by Crippen LogP contribution is 2.22. The van der Waals surface area contributed by atoms with Crippen molar-refractivity contribution < 1.29 is 14.4 Å². The zero-order chi connectivity index (χ0) is 24.6. The molecule has 1 N–H and O–H groups in total. The Morgan fingerprint density at radius 3 is 1.77 bits per heavy atom. The molecule has 0 aromatic heterocycles. The van der Waals surface area contributed by atoms with E-state index in [1.54, 1.807) is 17.0 Å². The van der Waals surface area contributed by atoms with Gasteiger partial charge in [-0.25, -0.2) is 0 Å². The average molecular weight is 463 g/mol. The van der Waals surface area contributed by atoms with Crippen LogP contribution in [0.3, 0.4) is 0 Å². The van der Waals surface area contributed by atoms with Crippen molar-refractivity contribution in [3.63, 3.8) is 0 Å². The quantitative estimate of drug-likeness (QED) is 0.539. The molecule has 1 heterocycles. The van der Waals surface area contributed by atoms with E-state index in [4.69, 9.17) is 0 Å². The van der Waals surface area contributed by atoms with Crippen LogP contribution < -0.4 is 5.32 Å². The zero-order valence-electron chi connectivity index (χ0n) is 19.5. The molecule has 35 heavy (non-hydrogen) atoms. The van der Waals surface area contributed by atoms with E-state index in [9.17, 15) is 14.4 Å². The number of rotatable bonds is 5. The molecule has 0 unspecified atom stereocenters. The second-order valence-corrected chi connectivity index (χ2v) is 8.37. The van der Waals surface area contributed by atoms with Crippen LogP contribution in [0.25, 0.3) is 12.2 Å². The Bertz CT molecular complexity index is 1240. The van der Waals surface area contributed by atoms with Crippen LogP contribution in [0.2, 0.25) is 0 Å². The first kappa shape index (κ1) is 23.6. The molecule has 4 rings (SSSR count). The summed E-state index contributed by atoms with van der Waals surface area (Å²) >= 11 is 0. The molecular weight excluding hydrogens is 436 g/mol. The van der Waals surface area contributed by atoms with Crippen LogP contribution in [0.1, 0.15) is 16.7 Å². The number of benzene rings is 3. The second-order valence-electron chi connectivity index (χ2n) is 8.37. The lowest BCUT2D eigenvalue weighted by Crippen LogP contribution is -2.41. The van der Waals surface area contributed by atoms with Crippen molar-refractivity contribution in [2.45, 2.75) is 6.92 Å². The standard InChI is InChI=1S/C30H26N2O3/c1-22-12-14-27(15-13-22)31-28(33)16-17-29(34)32-20-25(18-23-8-4-2-5-9-23)30(35)26(21-32)19-24-10-6-3-7-11-24/h2-19H,20-21H2,1H3,(H,31,33)/b17-16-,25-18+,26-19+. The molecule has 2 amide bonds. The van der Waals surface area contributed by atoms with Crippen molar-refractivity contribution in [2.75, 3.05) is 18.4 Å². The fourth-order valence-corrected chi connectivity index (χ4v) is 3.77. The number of nitrogens with one attached hydrogen (secondary N) is 1. The minimum absolute atomic E-state index is 0.0807. The number of hydrogen-bond donors (Lipinski definition) is 1. The summed E-state index contributed by atoms with van der Waals surface area (Å²) in [4.78, 5) is 40.1. The number of hydrogen-bond acceptors (Lipinski definition) is 3. The molecule has 3 aromatic carbocycles. The van der Waals surface area contributed by atoms with Crippen LogP contribution in [-0.4, -0.2) is 35.6 Å². The molecule has 1 aliphatic heterocycles. The maximum atomic E-state index is 13.2. The molecular formula is C30H26N2O3. The Hall–Kier alpha value is -4.51. The van der Waals surface area contributed by atoms with Gasteiger partial charge in [-0.2, -0.15) is 0 Å². The predicted octanol–water partition coefficient (Wildman–Crippen LogP) is 5.07. The molecule has 0 bridgehead atoms. The Morgan fingerprint density at radius 2 is 1.26 bits per heavy atom. The molecule has 1 saturated heterocycles. The number of Topliss-reactive ketones (excluding diaryl/α,β-unsaturated/α-hetero) is 1. The number of amides is 2. The average Bonchev–Trinajstić information content (AvgIpc) is 2.87. The van der Waals surface area contributed by atoms with E-state index in [1.807, 2.05) is 91.9 Å². The third-order valence-corrected chi connectivity index (χ3v) is 5.59. The van der Waals surface area contributed by atoms with Gasteiger partial charge in [0, 0.05) is 29.0 Å². The van der Waals surface area contributed by atoms with Crippen LogP contribution in [0.4, 0.5) is 5.69 Å². The largest absolute Gasteiger partial charge is 0.330 e. The molecule has 0 atom stereocenters. The summed E-state index contributed by atoms with van der Waals surface area (Å²) in [5.41, 5.74) is 4.56. The minimum atomic E-state index is -0.393. The maximum Gasteiger partial charge on any atom is 0.248 e. The molecule has 0 aliphatic carbocycles. The van der Waals surface area contributed by atoms with Crippen molar-refractivity contribution in [3.05, 3.63) is 125 Å². The number of ketones is 1. The van der Waals surface area contributed by atoms with Crippen LogP contribution in [0, 0.1) is 6.92 Å². The third kappa shape index (κ3) is 6.51. The van der Waals surface area contributed by atoms with Crippen LogP contribution >= 0.6 is 0 Å². The van der Waals surface area contributed by atoms with Gasteiger partial charge in [0.05, 0.1) is 13.1 Å². The van der Waals surface area contributed by atoms with E-state index in [2.05, 4.69) is 5.32 Å². The van der Waals surface area contributed by atoms with E-state index in [1.165, 1.54) is 12.2 Å². The van der Waals surface area contributed by atoms with E-state index in [0.29, 0.717) is 16.8 Å². The SMILES string of the molecule is Cc1ccc(NC(=O)/C=C\C(=O)N2C/C(=C\c3ccccc3)C(=O)/C(=C/c3ccccc3)C2)cc1. The monoisotopic (exact) mass is 462 g/mol. The van der Waals surface area contributed by atoms with Crippen LogP contribution in [-0.2, 0) is 14.4 Å². The van der Waals surface area contributed by atoms with E-state index in [-0.39, 0.29) is 24.8 Å². The Kier molecular flexibility index (Phi) is 7.48. The van der Waals surface area contributed by atoms with Gasteiger partial charge in [-0.1, -0.05) is 78.4 Å². The summed E-state index contributed by atoms with van der Waals surface area (Å²) in [5, 5.41) is 2.74. The molecule has 0 radical (unpaired) electrons. The molecule has 1 aliphatic rings. The van der Waals surface area contributed by atoms with Gasteiger partial charge >= 0.3 is 0 Å². The highest BCUT2D eigenvalue weighted by molar-refractivity contribution is 6.15. The fraction of sp³-hybridized carbons (Fsp3) is 0.100. The summed E-state index contributed by atoms with van der Waals surface area (Å²) in [6, 6.07) is 26.5. The number of carbonyl (C=O) groups is 3. The number of likely N-dealkylation sites (tertiary alicyclic amines) is 1. The van der Waals surface area contributed by atoms with Crippen molar-refractivity contribution in [3.8, 4) is 0 Å². The maximum absolute atomic E-state index is 13.2. The molecule has 5 heteroatoms. The van der Waals surface area contributed by atoms with Gasteiger partial charge in [-0.15, -0.1) is 0 Å². The normalized spacial score (nSPS) is 16.1. The summed E-state index contributed by atoms with van der Waals surface area (Å²) in [7, 11) is 0. The third-order valence-electron chi connectivity index (χ3n) is 5.59. The Balaban J connectivity index is 1.55. The zero-order valence-corrected chi connectivity index (χ0v) is 19.5. The van der Waals surface area contributed by atoms with Crippen molar-refractivity contribution >= 4 is 35.4 Å². The van der Waals surface area contributed by atoms with E-state index < -0.39 is 5.91 Å². The number of anilines is 1. The highest BCUT2D eigenvalue weighted by Gasteiger charge is 2.28. The van der Waals surface area contributed by atoms with Crippen molar-refractivity contribution in [1.29, 1.82) is 0 Å². The summed E-state index contributed by atoms with van der Waals surface area (Å²) in [5.74, 6) is -0.812. The minimum Gasteiger partial charge on any atom is -0.330 e. The number of nitrogens with zero attached hydrogens (tertiary/aromatic N) is 1. The molecule has 1 fully saturated rings. The number of carbonyl (C=O) groups excluding carboxylic acids is 3. The van der Waals surface area contributed by atoms with E-state index >= 15 is 0 Å². The number of piperidine rings is 1. The van der Waals surface area contributed by atoms with Crippen molar-refractivity contribution in [1.82, 2.24) is 4.90 Å². The molecule has 0 saturated carbocycles. The molecule has 0 spiro atoms. The van der Waals surface area contributed by atoms with Crippen LogP contribution in [0.5, 0.6) is 0 Å². The second kappa shape index (κ2) is 11.1.